The summed E-state index contributed by atoms with van der Waals surface area (Å²) in [5, 5.41) is 17.7. The number of fused-ring (bicyclic) bond motifs is 1. The lowest BCUT2D eigenvalue weighted by atomic mass is 10.1. The van der Waals surface area contributed by atoms with Crippen LogP contribution in [0.4, 0.5) is 23.1 Å². The van der Waals surface area contributed by atoms with E-state index < -0.39 is 16.3 Å². The van der Waals surface area contributed by atoms with Gasteiger partial charge < -0.3 is 36.1 Å². The van der Waals surface area contributed by atoms with E-state index >= 15 is 0 Å². The largest absolute Gasteiger partial charge is 0.494 e. The van der Waals surface area contributed by atoms with E-state index in [1.807, 2.05) is 94.4 Å². The van der Waals surface area contributed by atoms with Crippen LogP contribution in [0.2, 0.25) is 0 Å². The molecule has 7 rings (SSSR count). The lowest BCUT2D eigenvalue weighted by molar-refractivity contribution is -0.129. The summed E-state index contributed by atoms with van der Waals surface area (Å²) in [7, 11) is -3.20. The molecular weight excluding hydrogens is 863 g/mol. The number of hydrogen-bond donors (Lipinski definition) is 9. The highest BCUT2D eigenvalue weighted by atomic mass is 32.3. The summed E-state index contributed by atoms with van der Waals surface area (Å²) in [5.74, 6) is 1.98. The van der Waals surface area contributed by atoms with Gasteiger partial charge in [0.2, 0.25) is 23.7 Å². The van der Waals surface area contributed by atoms with Crippen molar-refractivity contribution in [1.82, 2.24) is 36.0 Å². The number of anilines is 4. The summed E-state index contributed by atoms with van der Waals surface area (Å²) in [6.07, 6.45) is 5.13. The SMILES string of the molecule is Cc1cnc(Nc2ccc(OCCCNCC(=O)NCc3ccc(COc4cccc5c4CNC5=O)cc3)cc2)nc1Nc1cccc(S(O)(O)NC(C)(C)C)c1.O=C1CCCCC(=O)N1.[HH].[HH].[HH].[HH].[HH].[HH]. The van der Waals surface area contributed by atoms with E-state index in [1.165, 1.54) is 0 Å². The first kappa shape index (κ1) is 48.9. The summed E-state index contributed by atoms with van der Waals surface area (Å²) >= 11 is 0. The van der Waals surface area contributed by atoms with Crippen molar-refractivity contribution < 1.29 is 46.3 Å². The number of amides is 4. The highest BCUT2D eigenvalue weighted by Crippen LogP contribution is 2.46. The fraction of sp³-hybridized carbons (Fsp3) is 0.333. The number of carbonyl (C=O) groups is 4. The molecule has 0 radical (unpaired) electrons. The quantitative estimate of drug-likeness (QED) is 0.0295. The molecule has 0 spiro atoms. The van der Waals surface area contributed by atoms with Crippen molar-refractivity contribution >= 4 is 57.5 Å². The summed E-state index contributed by atoms with van der Waals surface area (Å²) < 4.78 is 36.2. The van der Waals surface area contributed by atoms with Gasteiger partial charge in [0, 0.05) is 74.3 Å². The van der Waals surface area contributed by atoms with Crippen molar-refractivity contribution in [3.63, 3.8) is 0 Å². The van der Waals surface area contributed by atoms with Crippen LogP contribution >= 0.6 is 10.8 Å². The molecule has 9 N–H and O–H groups in total. The van der Waals surface area contributed by atoms with Crippen LogP contribution in [0.3, 0.4) is 0 Å². The summed E-state index contributed by atoms with van der Waals surface area (Å²) in [4.78, 5) is 54.8. The monoisotopic (exact) mass is 934 g/mol. The molecule has 4 aromatic carbocycles. The smallest absolute Gasteiger partial charge is 0.252 e. The average Bonchev–Trinajstić information content (AvgIpc) is 3.55. The van der Waals surface area contributed by atoms with E-state index in [-0.39, 0.29) is 38.7 Å². The minimum absolute atomic E-state index is 0. The normalized spacial score (nSPS) is 13.8. The lowest BCUT2D eigenvalue weighted by Gasteiger charge is -2.39. The summed E-state index contributed by atoms with van der Waals surface area (Å²) in [6, 6.07) is 27.8. The van der Waals surface area contributed by atoms with Gasteiger partial charge in [-0.15, -0.1) is 10.8 Å². The van der Waals surface area contributed by atoms with Gasteiger partial charge in [-0.2, -0.15) is 4.98 Å². The van der Waals surface area contributed by atoms with Crippen LogP contribution in [0, 0.1) is 6.92 Å². The molecule has 3 heterocycles. The molecule has 17 nitrogen and oxygen atoms in total. The Morgan fingerprint density at radius 1 is 0.864 bits per heavy atom. The zero-order chi connectivity index (χ0) is 47.1. The van der Waals surface area contributed by atoms with Crippen LogP contribution in [-0.2, 0) is 34.1 Å². The van der Waals surface area contributed by atoms with Gasteiger partial charge in [0.1, 0.15) is 23.9 Å². The van der Waals surface area contributed by atoms with E-state index in [2.05, 4.69) is 46.6 Å². The van der Waals surface area contributed by atoms with Crippen molar-refractivity contribution in [3.8, 4) is 11.5 Å². The van der Waals surface area contributed by atoms with Crippen LogP contribution < -0.4 is 46.1 Å². The second kappa shape index (κ2) is 23.1. The van der Waals surface area contributed by atoms with Crippen LogP contribution in [0.25, 0.3) is 0 Å². The predicted molar refractivity (Wildman–Crippen MR) is 268 cm³/mol. The van der Waals surface area contributed by atoms with Crippen molar-refractivity contribution in [2.24, 2.45) is 0 Å². The molecule has 4 amide bonds. The van der Waals surface area contributed by atoms with E-state index in [9.17, 15) is 28.3 Å². The highest BCUT2D eigenvalue weighted by molar-refractivity contribution is 8.22. The summed E-state index contributed by atoms with van der Waals surface area (Å²) in [5.41, 5.74) is 5.29. The molecule has 2 aliphatic rings. The Morgan fingerprint density at radius 2 is 1.58 bits per heavy atom. The molecule has 0 atom stereocenters. The third-order valence-corrected chi connectivity index (χ3v) is 11.9. The minimum atomic E-state index is -3.20. The maximum atomic E-state index is 12.4. The molecule has 0 aliphatic carbocycles. The topological polar surface area (TPSA) is 237 Å². The Labute approximate surface area is 395 Å². The standard InChI is InChI=1S/C42H50N8O6S.C6H9NO2.6H2/c1-28-23-46-41(49-39(28)47-32-8-5-9-34(22-32)57(53,54)50-42(2,3)4)48-31-16-18-33(19-17-31)55-21-7-20-43-26-38(51)44-24-29-12-14-30(15-13-29)27-56-37-11-6-10-35-36(37)25-45-40(35)52;8-5-3-1-2-4-6(9)7-5;;;;;;/h5-6,8-19,22-23,43,50,53-54H,7,20-21,24-27H2,1-4H3,(H,44,51)(H,45,52)(H2,46,47,48,49);1-4H2,(H,7,8,9);6*1H. The number of ether oxygens (including phenoxy) is 2. The van der Waals surface area contributed by atoms with Gasteiger partial charge in [0.15, 0.2) is 0 Å². The Kier molecular flexibility index (Phi) is 17.1. The Balaban J connectivity index is 0.00000304. The molecule has 0 bridgehead atoms. The highest BCUT2D eigenvalue weighted by Gasteiger charge is 2.24. The number of carbonyl (C=O) groups excluding carboxylic acids is 4. The minimum Gasteiger partial charge on any atom is -0.494 e. The van der Waals surface area contributed by atoms with Gasteiger partial charge in [0.05, 0.1) is 18.0 Å². The van der Waals surface area contributed by atoms with Gasteiger partial charge in [0.25, 0.3) is 5.91 Å². The number of nitrogens with zero attached hydrogens (tertiary/aromatic N) is 2. The molecule has 0 saturated carbocycles. The zero-order valence-electron chi connectivity index (χ0n) is 37.7. The number of rotatable bonds is 18. The molecule has 66 heavy (non-hydrogen) atoms. The van der Waals surface area contributed by atoms with E-state index in [1.54, 1.807) is 30.5 Å². The number of aryl methyl sites for hydroxylation is 1. The Hall–Kier alpha value is -6.57. The van der Waals surface area contributed by atoms with E-state index in [0.717, 1.165) is 47.2 Å². The second-order valence-electron chi connectivity index (χ2n) is 16.8. The van der Waals surface area contributed by atoms with E-state index in [0.29, 0.717) is 85.1 Å². The number of imide groups is 1. The maximum absolute atomic E-state index is 12.4. The molecule has 1 saturated heterocycles. The van der Waals surface area contributed by atoms with Crippen molar-refractivity contribution in [2.75, 3.05) is 30.3 Å². The third kappa shape index (κ3) is 15.3. The first-order chi connectivity index (χ1) is 31.6. The van der Waals surface area contributed by atoms with Crippen LogP contribution in [0.5, 0.6) is 11.5 Å². The van der Waals surface area contributed by atoms with Crippen LogP contribution in [0.1, 0.15) is 94.0 Å². The molecule has 0 unspecified atom stereocenters. The molecule has 1 aromatic heterocycles. The van der Waals surface area contributed by atoms with Crippen molar-refractivity contribution in [3.05, 3.63) is 125 Å². The molecule has 5 aromatic rings. The second-order valence-corrected chi connectivity index (χ2v) is 18.6. The maximum Gasteiger partial charge on any atom is 0.252 e. The Morgan fingerprint density at radius 3 is 2.30 bits per heavy atom. The van der Waals surface area contributed by atoms with Gasteiger partial charge in [-0.25, -0.2) is 9.71 Å². The number of benzene rings is 4. The van der Waals surface area contributed by atoms with Crippen molar-refractivity contribution in [2.45, 2.75) is 89.9 Å². The zero-order valence-corrected chi connectivity index (χ0v) is 38.5. The lowest BCUT2D eigenvalue weighted by Crippen LogP contribution is -2.37. The first-order valence-corrected chi connectivity index (χ1v) is 23.3. The van der Waals surface area contributed by atoms with Gasteiger partial charge in [-0.1, -0.05) is 36.4 Å². The van der Waals surface area contributed by atoms with Gasteiger partial charge in [-0.05, 0) is 119 Å². The molecular formula is C48H71N9O8S. The molecule has 362 valence electrons. The molecule has 1 fully saturated rings. The number of nitrogens with one attached hydrogen (secondary N) is 7. The van der Waals surface area contributed by atoms with Gasteiger partial charge in [-0.3, -0.25) is 33.6 Å². The summed E-state index contributed by atoms with van der Waals surface area (Å²) in [6.45, 7) is 10.1. The first-order valence-electron chi connectivity index (χ1n) is 21.8. The average molecular weight is 934 g/mol. The molecule has 2 aliphatic heterocycles. The Bertz CT molecular complexity index is 2480. The third-order valence-electron chi connectivity index (χ3n) is 10.1. The van der Waals surface area contributed by atoms with E-state index in [4.69, 9.17) is 9.47 Å². The van der Waals surface area contributed by atoms with Gasteiger partial charge >= 0.3 is 0 Å². The predicted octanol–water partition coefficient (Wildman–Crippen LogP) is 8.86. The van der Waals surface area contributed by atoms with Crippen LogP contribution in [-0.4, -0.2) is 67.9 Å². The number of aromatic nitrogens is 2. The van der Waals surface area contributed by atoms with Crippen LogP contribution in [0.15, 0.2) is 102 Å². The fourth-order valence-corrected chi connectivity index (χ4v) is 8.28. The van der Waals surface area contributed by atoms with Crippen molar-refractivity contribution in [1.29, 1.82) is 0 Å². The molecule has 18 heteroatoms. The fourth-order valence-electron chi connectivity index (χ4n) is 6.74. The number of hydrogen-bond acceptors (Lipinski definition) is 14.